The Bertz CT molecular complexity index is 94.8. The van der Waals surface area contributed by atoms with Gasteiger partial charge in [0.2, 0.25) is 0 Å². The molecule has 0 radical (unpaired) electrons. The van der Waals surface area contributed by atoms with E-state index in [1.807, 2.05) is 0 Å². The highest BCUT2D eigenvalue weighted by atomic mass is 17.0. The lowest BCUT2D eigenvalue weighted by atomic mass is 10.8. The smallest absolute Gasteiger partial charge is 0.0675 e. The molecule has 0 atom stereocenters. The summed E-state index contributed by atoms with van der Waals surface area (Å²) >= 11 is 0. The average Bonchev–Trinajstić information content (AvgIpc) is 1.77. The van der Waals surface area contributed by atoms with Gasteiger partial charge in [-0.3, -0.25) is 10.5 Å². The fraction of sp³-hybridized carbons (Fsp3) is 1.00. The van der Waals surface area contributed by atoms with Crippen molar-refractivity contribution >= 4 is 0 Å². The van der Waals surface area contributed by atoms with E-state index in [2.05, 4.69) is 84.6 Å². The first kappa shape index (κ1) is 25.6. The molecule has 0 heterocycles. The summed E-state index contributed by atoms with van der Waals surface area (Å²) in [7, 11) is 25.5. The highest BCUT2D eigenvalue weighted by Gasteiger charge is 1.89. The van der Waals surface area contributed by atoms with E-state index in [-0.39, 0.29) is 0 Å². The summed E-state index contributed by atoms with van der Waals surface area (Å²) in [6.07, 6.45) is 0. The zero-order chi connectivity index (χ0) is 15.5. The Balaban J connectivity index is -0.0000000693. The van der Waals surface area contributed by atoms with Gasteiger partial charge in [0.05, 0.1) is 84.6 Å². The first-order valence-corrected chi connectivity index (χ1v) is 5.57. The van der Waals surface area contributed by atoms with Crippen molar-refractivity contribution in [1.82, 2.24) is 0 Å². The van der Waals surface area contributed by atoms with Crippen LogP contribution in [-0.4, -0.2) is 109 Å². The highest BCUT2D eigenvalue weighted by molar-refractivity contribution is 3.88. The molecule has 0 saturated carbocycles. The Labute approximate surface area is 109 Å². The number of nitrogens with zero attached hydrogens (tertiary/aromatic N) is 3. The summed E-state index contributed by atoms with van der Waals surface area (Å²) in [6.45, 7) is 0. The molecule has 0 unspecified atom stereocenters. The summed E-state index contributed by atoms with van der Waals surface area (Å²) in [4.78, 5) is 0. The molecule has 0 fully saturated rings. The van der Waals surface area contributed by atoms with Gasteiger partial charge in [-0.05, 0) is 0 Å². The molecule has 5 nitrogen and oxygen atoms in total. The van der Waals surface area contributed by atoms with Crippen molar-refractivity contribution < 1.29 is 24.0 Å². The van der Waals surface area contributed by atoms with Crippen LogP contribution in [-0.2, 0) is 0 Å². The van der Waals surface area contributed by atoms with E-state index in [1.54, 1.807) is 0 Å². The van der Waals surface area contributed by atoms with Crippen LogP contribution in [0, 0.1) is 0 Å². The second-order valence-electron chi connectivity index (χ2n) is 8.05. The monoisotopic (exact) mass is 256 g/mol. The van der Waals surface area contributed by atoms with Crippen molar-refractivity contribution in [2.45, 2.75) is 0 Å². The molecule has 0 aromatic carbocycles. The number of rotatable bonds is 0. The SMILES string of the molecule is C[N+](C)(C)C.C[N+](C)(C)C.C[N+](C)(C)C.OO. The summed E-state index contributed by atoms with van der Waals surface area (Å²) in [5.41, 5.74) is 0. The molecule has 0 spiro atoms. The number of hydrogen-bond acceptors (Lipinski definition) is 2. The zero-order valence-electron chi connectivity index (χ0n) is 14.2. The van der Waals surface area contributed by atoms with Crippen molar-refractivity contribution in [2.75, 3.05) is 84.6 Å². The van der Waals surface area contributed by atoms with Crippen molar-refractivity contribution in [3.8, 4) is 0 Å². The minimum Gasteiger partial charge on any atom is -0.333 e. The molecule has 0 rings (SSSR count). The van der Waals surface area contributed by atoms with E-state index in [0.29, 0.717) is 0 Å². The van der Waals surface area contributed by atoms with Crippen LogP contribution in [0.5, 0.6) is 0 Å². The second-order valence-corrected chi connectivity index (χ2v) is 8.05. The molecule has 0 amide bonds. The largest absolute Gasteiger partial charge is 0.333 e. The van der Waals surface area contributed by atoms with Crippen LogP contribution in [0.25, 0.3) is 0 Å². The molecule has 0 aliphatic carbocycles. The van der Waals surface area contributed by atoms with Crippen LogP contribution in [0.1, 0.15) is 0 Å². The summed E-state index contributed by atoms with van der Waals surface area (Å²) in [6, 6.07) is 0. The predicted octanol–water partition coefficient (Wildman–Crippen LogP) is 0.985. The molecule has 2 N–H and O–H groups in total. The summed E-state index contributed by atoms with van der Waals surface area (Å²) in [5.74, 6) is 0. The number of hydrogen-bond donors (Lipinski definition) is 2. The summed E-state index contributed by atoms with van der Waals surface area (Å²) < 4.78 is 3.00. The maximum Gasteiger partial charge on any atom is 0.0675 e. The van der Waals surface area contributed by atoms with Gasteiger partial charge in [0.25, 0.3) is 0 Å². The molecule has 5 heteroatoms. The molecule has 0 aromatic rings. The molecule has 0 aliphatic rings. The molecular weight excluding hydrogens is 218 g/mol. The Morgan fingerprint density at radius 1 is 0.353 bits per heavy atom. The van der Waals surface area contributed by atoms with Crippen LogP contribution in [0.3, 0.4) is 0 Å². The lowest BCUT2D eigenvalue weighted by Gasteiger charge is -2.14. The van der Waals surface area contributed by atoms with Crippen LogP contribution in [0.2, 0.25) is 0 Å². The van der Waals surface area contributed by atoms with Gasteiger partial charge < -0.3 is 13.4 Å². The molecule has 17 heavy (non-hydrogen) atoms. The lowest BCUT2D eigenvalue weighted by Crippen LogP contribution is -2.27. The van der Waals surface area contributed by atoms with E-state index >= 15 is 0 Å². The second kappa shape index (κ2) is 10.9. The molecule has 0 aliphatic heterocycles. The molecule has 0 bridgehead atoms. The maximum absolute atomic E-state index is 6.00. The van der Waals surface area contributed by atoms with Gasteiger partial charge in [-0.25, -0.2) is 0 Å². The Morgan fingerprint density at radius 3 is 0.353 bits per heavy atom. The first-order valence-electron chi connectivity index (χ1n) is 5.57. The van der Waals surface area contributed by atoms with Crippen molar-refractivity contribution in [3.63, 3.8) is 0 Å². The third kappa shape index (κ3) is 75200. The van der Waals surface area contributed by atoms with Gasteiger partial charge >= 0.3 is 0 Å². The molecule has 110 valence electrons. The molecule has 0 saturated heterocycles. The van der Waals surface area contributed by atoms with Gasteiger partial charge in [-0.1, -0.05) is 0 Å². The highest BCUT2D eigenvalue weighted by Crippen LogP contribution is 1.74. The van der Waals surface area contributed by atoms with Crippen molar-refractivity contribution in [3.05, 3.63) is 0 Å². The van der Waals surface area contributed by atoms with Crippen LogP contribution in [0.4, 0.5) is 0 Å². The lowest BCUT2D eigenvalue weighted by molar-refractivity contribution is -0.849. The van der Waals surface area contributed by atoms with E-state index < -0.39 is 0 Å². The molecule has 0 aromatic heterocycles. The van der Waals surface area contributed by atoms with Gasteiger partial charge in [-0.2, -0.15) is 0 Å². The summed E-state index contributed by atoms with van der Waals surface area (Å²) in [5, 5.41) is 12.0. The fourth-order valence-corrected chi connectivity index (χ4v) is 0. The van der Waals surface area contributed by atoms with E-state index in [1.165, 1.54) is 0 Å². The van der Waals surface area contributed by atoms with Crippen molar-refractivity contribution in [1.29, 1.82) is 0 Å². The van der Waals surface area contributed by atoms with E-state index in [4.69, 9.17) is 10.5 Å². The fourth-order valence-electron chi connectivity index (χ4n) is 0. The average molecular weight is 256 g/mol. The van der Waals surface area contributed by atoms with Crippen LogP contribution in [0.15, 0.2) is 0 Å². The van der Waals surface area contributed by atoms with Gasteiger partial charge in [-0.15, -0.1) is 0 Å². The van der Waals surface area contributed by atoms with Crippen LogP contribution >= 0.6 is 0 Å². The van der Waals surface area contributed by atoms with E-state index in [0.717, 1.165) is 13.4 Å². The normalized spacial score (nSPS) is 10.9. The van der Waals surface area contributed by atoms with Crippen LogP contribution < -0.4 is 0 Å². The predicted molar refractivity (Wildman–Crippen MR) is 77.1 cm³/mol. The van der Waals surface area contributed by atoms with Gasteiger partial charge in [0.1, 0.15) is 0 Å². The third-order valence-corrected chi connectivity index (χ3v) is 0. The zero-order valence-corrected chi connectivity index (χ0v) is 14.2. The first-order chi connectivity index (χ1) is 7.00. The van der Waals surface area contributed by atoms with Gasteiger partial charge in [0, 0.05) is 0 Å². The molecular formula is C12H38N3O2+3. The topological polar surface area (TPSA) is 40.5 Å². The van der Waals surface area contributed by atoms with Gasteiger partial charge in [0.15, 0.2) is 0 Å². The number of quaternary nitrogens is 3. The van der Waals surface area contributed by atoms with Crippen molar-refractivity contribution in [2.24, 2.45) is 0 Å². The minimum atomic E-state index is 1.00. The Kier molecular flexibility index (Phi) is 16.4. The Hall–Kier alpha value is -0.200. The minimum absolute atomic E-state index is 1.00. The Morgan fingerprint density at radius 2 is 0.353 bits per heavy atom. The third-order valence-electron chi connectivity index (χ3n) is 0. The quantitative estimate of drug-likeness (QED) is 0.385. The standard InChI is InChI=1S/3C4H12N.H2O2/c3*1-5(2,3)4;1-2/h3*1-4H3;1-2H/q3*+1;. The van der Waals surface area contributed by atoms with E-state index in [9.17, 15) is 0 Å². The maximum atomic E-state index is 6.00.